The lowest BCUT2D eigenvalue weighted by atomic mass is 10.3. The van der Waals surface area contributed by atoms with Crippen LogP contribution in [0.25, 0.3) is 0 Å². The van der Waals surface area contributed by atoms with Gasteiger partial charge in [0.2, 0.25) is 0 Å². The molecule has 0 aliphatic rings. The smallest absolute Gasteiger partial charge is 0.135 e. The van der Waals surface area contributed by atoms with Crippen LogP contribution in [0.5, 0.6) is 0 Å². The molecule has 12 heavy (non-hydrogen) atoms. The first-order valence-electron chi connectivity index (χ1n) is 3.05. The lowest BCUT2D eigenvalue weighted by Crippen LogP contribution is -2.01. The van der Waals surface area contributed by atoms with Crippen LogP contribution in [0.15, 0.2) is 18.2 Å². The highest BCUT2D eigenvalue weighted by Gasteiger charge is 2.03. The monoisotopic (exact) mass is 237 g/mol. The Morgan fingerprint density at radius 3 is 2.67 bits per heavy atom. The maximum absolute atomic E-state index is 5.85. The van der Waals surface area contributed by atoms with Crippen LogP contribution in [0.1, 0.15) is 0 Å². The van der Waals surface area contributed by atoms with Crippen molar-refractivity contribution in [3.05, 3.63) is 28.2 Å². The highest BCUT2D eigenvalue weighted by atomic mass is 35.5. The summed E-state index contributed by atoms with van der Waals surface area (Å²) in [5.74, 6) is 0. The number of thiol groups is 1. The molecule has 0 amide bonds. The Morgan fingerprint density at radius 1 is 1.42 bits per heavy atom. The number of nitrogens with one attached hydrogen (secondary N) is 1. The van der Waals surface area contributed by atoms with Crippen LogP contribution in [0.2, 0.25) is 10.0 Å². The van der Waals surface area contributed by atoms with Crippen LogP contribution >= 0.6 is 48.0 Å². The first-order chi connectivity index (χ1) is 5.61. The molecule has 0 aromatic heterocycles. The Morgan fingerprint density at radius 2 is 2.08 bits per heavy atom. The summed E-state index contributed by atoms with van der Waals surface area (Å²) >= 11 is 20.2. The van der Waals surface area contributed by atoms with E-state index in [1.165, 1.54) is 0 Å². The summed E-state index contributed by atoms with van der Waals surface area (Å²) in [7, 11) is 0. The zero-order valence-electron chi connectivity index (χ0n) is 5.84. The summed E-state index contributed by atoms with van der Waals surface area (Å²) in [6.07, 6.45) is 0. The van der Waals surface area contributed by atoms with Crippen molar-refractivity contribution in [2.75, 3.05) is 5.32 Å². The first kappa shape index (κ1) is 10.1. The van der Waals surface area contributed by atoms with Crippen molar-refractivity contribution in [1.82, 2.24) is 0 Å². The van der Waals surface area contributed by atoms with Gasteiger partial charge in [-0.2, -0.15) is 0 Å². The van der Waals surface area contributed by atoms with Crippen LogP contribution in [0, 0.1) is 0 Å². The van der Waals surface area contributed by atoms with E-state index in [1.54, 1.807) is 18.2 Å². The van der Waals surface area contributed by atoms with Crippen molar-refractivity contribution in [1.29, 1.82) is 0 Å². The minimum atomic E-state index is 0.360. The zero-order valence-corrected chi connectivity index (χ0v) is 9.07. The van der Waals surface area contributed by atoms with Gasteiger partial charge in [-0.15, -0.1) is 12.6 Å². The summed E-state index contributed by atoms with van der Waals surface area (Å²) in [4.78, 5) is 0. The summed E-state index contributed by atoms with van der Waals surface area (Å²) in [5.41, 5.74) is 0.671. The summed E-state index contributed by atoms with van der Waals surface area (Å²) in [5, 5.41) is 3.74. The summed E-state index contributed by atoms with van der Waals surface area (Å²) in [6, 6.07) is 5.26. The fraction of sp³-hybridized carbons (Fsp3) is 0. The number of benzene rings is 1. The molecule has 1 aromatic rings. The van der Waals surface area contributed by atoms with Gasteiger partial charge < -0.3 is 5.32 Å². The number of hydrogen-bond acceptors (Lipinski definition) is 1. The van der Waals surface area contributed by atoms with E-state index in [1.807, 2.05) is 0 Å². The third-order valence-electron chi connectivity index (χ3n) is 1.19. The molecule has 0 radical (unpaired) electrons. The molecule has 1 rings (SSSR count). The average Bonchev–Trinajstić information content (AvgIpc) is 1.98. The van der Waals surface area contributed by atoms with Gasteiger partial charge >= 0.3 is 0 Å². The normalized spacial score (nSPS) is 9.58. The van der Waals surface area contributed by atoms with Gasteiger partial charge in [-0.05, 0) is 12.1 Å². The lowest BCUT2D eigenvalue weighted by molar-refractivity contribution is 1.66. The molecule has 0 aliphatic carbocycles. The molecule has 0 atom stereocenters. The SMILES string of the molecule is S=C(S)Nc1cccc(Cl)c1Cl. The van der Waals surface area contributed by atoms with Gasteiger partial charge in [0.15, 0.2) is 0 Å². The topological polar surface area (TPSA) is 12.0 Å². The quantitative estimate of drug-likeness (QED) is 0.572. The predicted molar refractivity (Wildman–Crippen MR) is 61.7 cm³/mol. The minimum Gasteiger partial charge on any atom is -0.340 e. The summed E-state index contributed by atoms with van der Waals surface area (Å²) in [6.45, 7) is 0. The van der Waals surface area contributed by atoms with Crippen molar-refractivity contribution in [2.45, 2.75) is 0 Å². The van der Waals surface area contributed by atoms with E-state index in [0.717, 1.165) is 0 Å². The summed E-state index contributed by atoms with van der Waals surface area (Å²) < 4.78 is 0.360. The molecule has 64 valence electrons. The van der Waals surface area contributed by atoms with E-state index < -0.39 is 0 Å². The molecule has 0 unspecified atom stereocenters. The molecule has 0 aliphatic heterocycles. The molecule has 5 heteroatoms. The highest BCUT2D eigenvalue weighted by molar-refractivity contribution is 8.11. The molecular formula is C7H5Cl2NS2. The maximum atomic E-state index is 5.85. The number of rotatable bonds is 1. The zero-order chi connectivity index (χ0) is 9.14. The molecule has 0 heterocycles. The van der Waals surface area contributed by atoms with E-state index in [9.17, 15) is 0 Å². The molecule has 1 aromatic carbocycles. The number of thiocarbonyl (C=S) groups is 1. The van der Waals surface area contributed by atoms with Gasteiger partial charge in [-0.25, -0.2) is 0 Å². The van der Waals surface area contributed by atoms with Gasteiger partial charge in [0, 0.05) is 0 Å². The van der Waals surface area contributed by atoms with E-state index in [-0.39, 0.29) is 0 Å². The van der Waals surface area contributed by atoms with Crippen LogP contribution in [0.4, 0.5) is 5.69 Å². The van der Waals surface area contributed by atoms with E-state index in [0.29, 0.717) is 20.1 Å². The number of hydrogen-bond donors (Lipinski definition) is 2. The minimum absolute atomic E-state index is 0.360. The van der Waals surface area contributed by atoms with Gasteiger partial charge in [0.05, 0.1) is 15.7 Å². The second-order valence-electron chi connectivity index (χ2n) is 2.03. The number of anilines is 1. The van der Waals surface area contributed by atoms with E-state index in [4.69, 9.17) is 35.4 Å². The van der Waals surface area contributed by atoms with Crippen LogP contribution in [-0.4, -0.2) is 4.32 Å². The molecule has 1 nitrogen and oxygen atoms in total. The lowest BCUT2D eigenvalue weighted by Gasteiger charge is -2.05. The largest absolute Gasteiger partial charge is 0.340 e. The van der Waals surface area contributed by atoms with Gasteiger partial charge in [-0.1, -0.05) is 41.5 Å². The molecule has 0 bridgehead atoms. The fourth-order valence-electron chi connectivity index (χ4n) is 0.716. The van der Waals surface area contributed by atoms with Crippen molar-refractivity contribution in [2.24, 2.45) is 0 Å². The first-order valence-corrected chi connectivity index (χ1v) is 4.66. The third kappa shape index (κ3) is 2.52. The Bertz CT molecular complexity index is 314. The molecule has 0 spiro atoms. The van der Waals surface area contributed by atoms with E-state index >= 15 is 0 Å². The van der Waals surface area contributed by atoms with Gasteiger partial charge in [0.1, 0.15) is 4.32 Å². The number of halogens is 2. The molecule has 0 saturated carbocycles. The Hall–Kier alpha value is 0.0400. The second-order valence-corrected chi connectivity index (χ2v) is 3.97. The van der Waals surface area contributed by atoms with Crippen LogP contribution in [-0.2, 0) is 0 Å². The van der Waals surface area contributed by atoms with Crippen molar-refractivity contribution < 1.29 is 0 Å². The van der Waals surface area contributed by atoms with Crippen LogP contribution in [0.3, 0.4) is 0 Å². The molecular weight excluding hydrogens is 233 g/mol. The predicted octanol–water partition coefficient (Wildman–Crippen LogP) is 3.62. The van der Waals surface area contributed by atoms with Gasteiger partial charge in [0.25, 0.3) is 0 Å². The highest BCUT2D eigenvalue weighted by Crippen LogP contribution is 2.29. The Labute approximate surface area is 91.5 Å². The molecule has 1 N–H and O–H groups in total. The molecule has 0 saturated heterocycles. The average molecular weight is 238 g/mol. The van der Waals surface area contributed by atoms with Crippen molar-refractivity contribution >= 4 is 58.1 Å². The third-order valence-corrected chi connectivity index (χ3v) is 2.23. The maximum Gasteiger partial charge on any atom is 0.135 e. The Balaban J connectivity index is 3.00. The Kier molecular flexibility index (Phi) is 3.65. The fourth-order valence-corrected chi connectivity index (χ4v) is 1.29. The van der Waals surface area contributed by atoms with E-state index in [2.05, 4.69) is 17.9 Å². The molecule has 0 fully saturated rings. The van der Waals surface area contributed by atoms with Crippen molar-refractivity contribution in [3.8, 4) is 0 Å². The second kappa shape index (κ2) is 4.33. The van der Waals surface area contributed by atoms with Crippen molar-refractivity contribution in [3.63, 3.8) is 0 Å². The van der Waals surface area contributed by atoms with Crippen LogP contribution < -0.4 is 5.32 Å². The standard InChI is InChI=1S/C7H5Cl2NS2/c8-4-2-1-3-5(6(4)9)10-7(11)12/h1-3H,(H2,10,11,12). The van der Waals surface area contributed by atoms with Gasteiger partial charge in [-0.3, -0.25) is 0 Å².